The number of hydrogen-bond acceptors (Lipinski definition) is 1. The fourth-order valence-corrected chi connectivity index (χ4v) is 2.22. The molecule has 0 radical (unpaired) electrons. The highest BCUT2D eigenvalue weighted by Gasteiger charge is 2.05. The summed E-state index contributed by atoms with van der Waals surface area (Å²) in [5.41, 5.74) is 3.03. The number of nitrogens with one attached hydrogen (secondary N) is 1. The number of aryl methyl sites for hydroxylation is 1. The van der Waals surface area contributed by atoms with Crippen molar-refractivity contribution in [3.8, 4) is 0 Å². The predicted octanol–water partition coefficient (Wildman–Crippen LogP) is 4.75. The topological polar surface area (TPSA) is 12.0 Å². The van der Waals surface area contributed by atoms with E-state index in [1.54, 1.807) is 6.92 Å². The third-order valence-corrected chi connectivity index (χ3v) is 3.73. The van der Waals surface area contributed by atoms with Gasteiger partial charge in [0.15, 0.2) is 0 Å². The summed E-state index contributed by atoms with van der Waals surface area (Å²) in [5.74, 6) is -0.148. The van der Waals surface area contributed by atoms with Crippen LogP contribution in [0, 0.1) is 12.7 Å². The lowest BCUT2D eigenvalue weighted by Crippen LogP contribution is -2.18. The minimum absolute atomic E-state index is 0.148. The van der Waals surface area contributed by atoms with E-state index in [4.69, 9.17) is 0 Å². The van der Waals surface area contributed by atoms with E-state index in [0.29, 0.717) is 5.56 Å². The molecule has 0 saturated heterocycles. The Morgan fingerprint density at radius 1 is 1.16 bits per heavy atom. The van der Waals surface area contributed by atoms with Crippen molar-refractivity contribution in [3.05, 3.63) is 69.4 Å². The lowest BCUT2D eigenvalue weighted by atomic mass is 10.1. The van der Waals surface area contributed by atoms with Crippen LogP contribution in [-0.4, -0.2) is 0 Å². The molecule has 2 rings (SSSR count). The molecule has 3 heteroatoms. The number of benzene rings is 2. The molecule has 2 aromatic carbocycles. The van der Waals surface area contributed by atoms with E-state index < -0.39 is 0 Å². The first-order valence-electron chi connectivity index (χ1n) is 6.30. The van der Waals surface area contributed by atoms with Gasteiger partial charge in [0.1, 0.15) is 5.82 Å². The second kappa shape index (κ2) is 6.31. The Labute approximate surface area is 122 Å². The Bertz CT molecular complexity index is 551. The van der Waals surface area contributed by atoms with E-state index >= 15 is 0 Å². The van der Waals surface area contributed by atoms with Gasteiger partial charge in [0, 0.05) is 17.1 Å². The van der Waals surface area contributed by atoms with Crippen LogP contribution in [0.3, 0.4) is 0 Å². The van der Waals surface area contributed by atoms with Crippen molar-refractivity contribution in [2.75, 3.05) is 0 Å². The molecule has 0 aliphatic carbocycles. The average Bonchev–Trinajstić information content (AvgIpc) is 2.40. The fraction of sp³-hybridized carbons (Fsp3) is 0.250. The molecule has 0 aromatic heterocycles. The molecule has 0 unspecified atom stereocenters. The van der Waals surface area contributed by atoms with Crippen LogP contribution in [0.5, 0.6) is 0 Å². The van der Waals surface area contributed by atoms with Crippen LogP contribution in [0.1, 0.15) is 29.7 Å². The number of halogens is 2. The van der Waals surface area contributed by atoms with Gasteiger partial charge in [-0.3, -0.25) is 0 Å². The Hall–Kier alpha value is -1.19. The van der Waals surface area contributed by atoms with Crippen LogP contribution < -0.4 is 5.32 Å². The van der Waals surface area contributed by atoms with Crippen molar-refractivity contribution < 1.29 is 4.39 Å². The smallest absolute Gasteiger partial charge is 0.126 e. The zero-order valence-corrected chi connectivity index (χ0v) is 12.7. The van der Waals surface area contributed by atoms with E-state index in [1.807, 2.05) is 24.3 Å². The van der Waals surface area contributed by atoms with Gasteiger partial charge in [0.05, 0.1) is 0 Å². The van der Waals surface area contributed by atoms with Gasteiger partial charge in [-0.1, -0.05) is 40.2 Å². The molecule has 0 bridgehead atoms. The largest absolute Gasteiger partial charge is 0.306 e. The summed E-state index contributed by atoms with van der Waals surface area (Å²) < 4.78 is 14.3. The quantitative estimate of drug-likeness (QED) is 0.857. The van der Waals surface area contributed by atoms with Gasteiger partial charge in [0.25, 0.3) is 0 Å². The maximum Gasteiger partial charge on any atom is 0.126 e. The van der Waals surface area contributed by atoms with E-state index in [2.05, 4.69) is 40.3 Å². The summed E-state index contributed by atoms with van der Waals surface area (Å²) in [7, 11) is 0. The van der Waals surface area contributed by atoms with Crippen LogP contribution in [0.15, 0.2) is 46.9 Å². The van der Waals surface area contributed by atoms with Crippen molar-refractivity contribution >= 4 is 15.9 Å². The van der Waals surface area contributed by atoms with E-state index in [-0.39, 0.29) is 11.9 Å². The molecule has 0 aliphatic rings. The van der Waals surface area contributed by atoms with Gasteiger partial charge < -0.3 is 5.32 Å². The normalized spacial score (nSPS) is 12.4. The number of rotatable bonds is 4. The van der Waals surface area contributed by atoms with Crippen LogP contribution in [0.25, 0.3) is 0 Å². The van der Waals surface area contributed by atoms with Crippen molar-refractivity contribution in [3.63, 3.8) is 0 Å². The lowest BCUT2D eigenvalue weighted by molar-refractivity contribution is 0.572. The van der Waals surface area contributed by atoms with Crippen LogP contribution >= 0.6 is 15.9 Å². The molecule has 0 fully saturated rings. The molecule has 0 spiro atoms. The first kappa shape index (κ1) is 14.2. The zero-order chi connectivity index (χ0) is 13.8. The van der Waals surface area contributed by atoms with Crippen LogP contribution in [0.2, 0.25) is 0 Å². The minimum Gasteiger partial charge on any atom is -0.306 e. The third kappa shape index (κ3) is 3.88. The molecule has 0 aliphatic heterocycles. The predicted molar refractivity (Wildman–Crippen MR) is 80.5 cm³/mol. The monoisotopic (exact) mass is 321 g/mol. The van der Waals surface area contributed by atoms with Crippen molar-refractivity contribution in [2.24, 2.45) is 0 Å². The summed E-state index contributed by atoms with van der Waals surface area (Å²) in [5, 5.41) is 3.44. The molecular weight excluding hydrogens is 305 g/mol. The molecule has 0 heterocycles. The Morgan fingerprint density at radius 3 is 2.47 bits per heavy atom. The fourth-order valence-electron chi connectivity index (χ4n) is 1.96. The van der Waals surface area contributed by atoms with Gasteiger partial charge in [-0.05, 0) is 48.7 Å². The van der Waals surface area contributed by atoms with Crippen molar-refractivity contribution in [1.29, 1.82) is 0 Å². The maximum atomic E-state index is 13.2. The van der Waals surface area contributed by atoms with Gasteiger partial charge in [0.2, 0.25) is 0 Å². The second-order valence-electron chi connectivity index (χ2n) is 4.74. The van der Waals surface area contributed by atoms with Crippen LogP contribution in [0.4, 0.5) is 4.39 Å². The molecule has 0 saturated carbocycles. The Morgan fingerprint density at radius 2 is 1.84 bits per heavy atom. The van der Waals surface area contributed by atoms with Gasteiger partial charge in [-0.25, -0.2) is 4.39 Å². The highest BCUT2D eigenvalue weighted by molar-refractivity contribution is 9.10. The summed E-state index contributed by atoms with van der Waals surface area (Å²) in [6.45, 7) is 4.65. The van der Waals surface area contributed by atoms with Gasteiger partial charge in [-0.2, -0.15) is 0 Å². The van der Waals surface area contributed by atoms with E-state index in [1.165, 1.54) is 11.6 Å². The van der Waals surface area contributed by atoms with Crippen molar-refractivity contribution in [1.82, 2.24) is 5.32 Å². The molecule has 100 valence electrons. The van der Waals surface area contributed by atoms with Gasteiger partial charge in [-0.15, -0.1) is 0 Å². The Kier molecular flexibility index (Phi) is 4.72. The zero-order valence-electron chi connectivity index (χ0n) is 11.1. The minimum atomic E-state index is -0.148. The number of hydrogen-bond donors (Lipinski definition) is 1. The average molecular weight is 322 g/mol. The second-order valence-corrected chi connectivity index (χ2v) is 5.65. The summed E-state index contributed by atoms with van der Waals surface area (Å²) in [4.78, 5) is 0. The standard InChI is InChI=1S/C16H17BrFN/c1-11-9-13(3-8-16(11)18)10-19-12(2)14-4-6-15(17)7-5-14/h3-9,12,19H,10H2,1-2H3/t12-/m0/s1. The molecular formula is C16H17BrFN. The third-order valence-electron chi connectivity index (χ3n) is 3.20. The first-order valence-corrected chi connectivity index (χ1v) is 7.09. The van der Waals surface area contributed by atoms with Crippen molar-refractivity contribution in [2.45, 2.75) is 26.4 Å². The highest BCUT2D eigenvalue weighted by atomic mass is 79.9. The van der Waals surface area contributed by atoms with Gasteiger partial charge >= 0.3 is 0 Å². The molecule has 1 N–H and O–H groups in total. The summed E-state index contributed by atoms with van der Waals surface area (Å²) in [6.07, 6.45) is 0. The molecule has 1 nitrogen and oxygen atoms in total. The molecule has 1 atom stereocenters. The molecule has 2 aromatic rings. The molecule has 19 heavy (non-hydrogen) atoms. The van der Waals surface area contributed by atoms with E-state index in [9.17, 15) is 4.39 Å². The highest BCUT2D eigenvalue weighted by Crippen LogP contribution is 2.17. The SMILES string of the molecule is Cc1cc(CN[C@@H](C)c2ccc(Br)cc2)ccc1F. The van der Waals surface area contributed by atoms with Crippen LogP contribution in [-0.2, 0) is 6.54 Å². The lowest BCUT2D eigenvalue weighted by Gasteiger charge is -2.14. The maximum absolute atomic E-state index is 13.2. The molecule has 0 amide bonds. The van der Waals surface area contributed by atoms with E-state index in [0.717, 1.165) is 16.6 Å². The first-order chi connectivity index (χ1) is 9.06. The Balaban J connectivity index is 1.98. The summed E-state index contributed by atoms with van der Waals surface area (Å²) >= 11 is 3.43. The summed E-state index contributed by atoms with van der Waals surface area (Å²) in [6, 6.07) is 13.8.